The number of benzene rings is 2. The highest BCUT2D eigenvalue weighted by Crippen LogP contribution is 2.31. The minimum Gasteiger partial charge on any atom is -0.248 e. The molecule has 0 N–H and O–H groups in total. The molecule has 1 aromatic heterocycles. The third-order valence-electron chi connectivity index (χ3n) is 4.62. The van der Waals surface area contributed by atoms with Crippen molar-refractivity contribution in [3.63, 3.8) is 0 Å². The van der Waals surface area contributed by atoms with E-state index in [4.69, 9.17) is 4.98 Å². The number of aromatic nitrogens is 1. The van der Waals surface area contributed by atoms with Crippen molar-refractivity contribution in [2.24, 2.45) is 0 Å². The van der Waals surface area contributed by atoms with Crippen LogP contribution >= 0.6 is 0 Å². The molecule has 0 bridgehead atoms. The van der Waals surface area contributed by atoms with Gasteiger partial charge in [-0.2, -0.15) is 0 Å². The molecule has 3 aromatic rings. The summed E-state index contributed by atoms with van der Waals surface area (Å²) in [7, 11) is 0. The van der Waals surface area contributed by atoms with E-state index in [1.807, 2.05) is 0 Å². The molecule has 3 rings (SSSR count). The molecule has 0 spiro atoms. The van der Waals surface area contributed by atoms with Gasteiger partial charge in [0, 0.05) is 11.1 Å². The Labute approximate surface area is 145 Å². The van der Waals surface area contributed by atoms with Gasteiger partial charge in [-0.05, 0) is 75.9 Å². The average Bonchev–Trinajstić information content (AvgIpc) is 2.45. The van der Waals surface area contributed by atoms with E-state index in [0.29, 0.717) is 0 Å². The summed E-state index contributed by atoms with van der Waals surface area (Å²) in [6.07, 6.45) is 0. The molecule has 122 valence electrons. The minimum absolute atomic E-state index is 1.06. The average molecular weight is 315 g/mol. The summed E-state index contributed by atoms with van der Waals surface area (Å²) in [5.41, 5.74) is 12.4. The van der Waals surface area contributed by atoms with Gasteiger partial charge in [0.1, 0.15) is 0 Å². The first kappa shape index (κ1) is 16.4. The van der Waals surface area contributed by atoms with E-state index >= 15 is 0 Å². The van der Waals surface area contributed by atoms with Gasteiger partial charge in [-0.15, -0.1) is 0 Å². The Morgan fingerprint density at radius 1 is 0.542 bits per heavy atom. The van der Waals surface area contributed by atoms with E-state index in [9.17, 15) is 0 Å². The monoisotopic (exact) mass is 315 g/mol. The topological polar surface area (TPSA) is 12.9 Å². The van der Waals surface area contributed by atoms with Gasteiger partial charge in [0.15, 0.2) is 0 Å². The van der Waals surface area contributed by atoms with Crippen LogP contribution < -0.4 is 0 Å². The molecule has 0 aliphatic heterocycles. The van der Waals surface area contributed by atoms with Crippen molar-refractivity contribution in [2.75, 3.05) is 0 Å². The molecule has 0 aliphatic carbocycles. The molecule has 0 fully saturated rings. The van der Waals surface area contributed by atoms with Gasteiger partial charge >= 0.3 is 0 Å². The molecule has 0 saturated carbocycles. The fourth-order valence-corrected chi connectivity index (χ4v) is 3.88. The molecule has 1 nitrogen and oxygen atoms in total. The zero-order valence-electron chi connectivity index (χ0n) is 15.5. The van der Waals surface area contributed by atoms with Crippen LogP contribution in [0.3, 0.4) is 0 Å². The van der Waals surface area contributed by atoms with E-state index in [-0.39, 0.29) is 0 Å². The summed E-state index contributed by atoms with van der Waals surface area (Å²) in [4.78, 5) is 5.02. The fraction of sp³-hybridized carbons (Fsp3) is 0.261. The lowest BCUT2D eigenvalue weighted by Gasteiger charge is -2.14. The van der Waals surface area contributed by atoms with Crippen molar-refractivity contribution >= 4 is 0 Å². The van der Waals surface area contributed by atoms with Crippen molar-refractivity contribution in [3.8, 4) is 22.5 Å². The Bertz CT molecular complexity index is 800. The van der Waals surface area contributed by atoms with Gasteiger partial charge in [-0.25, -0.2) is 4.98 Å². The SMILES string of the molecule is Cc1cc(C)c(-c2cccc(-c3c(C)cc(C)cc3C)n2)c(C)c1. The third-order valence-corrected chi connectivity index (χ3v) is 4.62. The number of hydrogen-bond acceptors (Lipinski definition) is 1. The third kappa shape index (κ3) is 2.99. The Balaban J connectivity index is 2.19. The molecule has 24 heavy (non-hydrogen) atoms. The Morgan fingerprint density at radius 3 is 1.21 bits per heavy atom. The maximum absolute atomic E-state index is 5.02. The van der Waals surface area contributed by atoms with Gasteiger partial charge in [-0.3, -0.25) is 0 Å². The van der Waals surface area contributed by atoms with Gasteiger partial charge < -0.3 is 0 Å². The van der Waals surface area contributed by atoms with Crippen molar-refractivity contribution in [1.82, 2.24) is 4.98 Å². The first-order valence-corrected chi connectivity index (χ1v) is 8.50. The molecule has 0 atom stereocenters. The van der Waals surface area contributed by atoms with Crippen LogP contribution in [0.1, 0.15) is 33.4 Å². The molecule has 1 heterocycles. The van der Waals surface area contributed by atoms with E-state index in [1.54, 1.807) is 0 Å². The van der Waals surface area contributed by atoms with E-state index in [2.05, 4.69) is 84.0 Å². The summed E-state index contributed by atoms with van der Waals surface area (Å²) in [5, 5.41) is 0. The highest BCUT2D eigenvalue weighted by Gasteiger charge is 2.12. The second-order valence-electron chi connectivity index (χ2n) is 6.96. The number of aryl methyl sites for hydroxylation is 6. The number of hydrogen-bond donors (Lipinski definition) is 0. The second kappa shape index (κ2) is 6.24. The Morgan fingerprint density at radius 2 is 0.875 bits per heavy atom. The van der Waals surface area contributed by atoms with Crippen LogP contribution in [0, 0.1) is 41.5 Å². The minimum atomic E-state index is 1.06. The van der Waals surface area contributed by atoms with Crippen LogP contribution in [-0.4, -0.2) is 4.98 Å². The number of rotatable bonds is 2. The lowest BCUT2D eigenvalue weighted by atomic mass is 9.94. The van der Waals surface area contributed by atoms with Crippen LogP contribution in [-0.2, 0) is 0 Å². The van der Waals surface area contributed by atoms with Crippen LogP contribution in [0.2, 0.25) is 0 Å². The molecule has 0 unspecified atom stereocenters. The first-order valence-electron chi connectivity index (χ1n) is 8.50. The fourth-order valence-electron chi connectivity index (χ4n) is 3.88. The summed E-state index contributed by atoms with van der Waals surface area (Å²) in [6.45, 7) is 13.0. The lowest BCUT2D eigenvalue weighted by Crippen LogP contribution is -1.96. The first-order chi connectivity index (χ1) is 11.4. The van der Waals surface area contributed by atoms with E-state index in [0.717, 1.165) is 11.4 Å². The lowest BCUT2D eigenvalue weighted by molar-refractivity contribution is 1.24. The highest BCUT2D eigenvalue weighted by atomic mass is 14.7. The Kier molecular flexibility index (Phi) is 4.28. The molecular weight excluding hydrogens is 290 g/mol. The van der Waals surface area contributed by atoms with Crippen molar-refractivity contribution in [1.29, 1.82) is 0 Å². The number of nitrogens with zero attached hydrogens (tertiary/aromatic N) is 1. The Hall–Kier alpha value is -2.41. The standard InChI is InChI=1S/C23H25N/c1-14-10-16(3)22(17(4)11-14)20-8-7-9-21(24-20)23-18(5)12-15(2)13-19(23)6/h7-13H,1-6H3. The largest absolute Gasteiger partial charge is 0.248 e. The smallest absolute Gasteiger partial charge is 0.0714 e. The predicted molar refractivity (Wildman–Crippen MR) is 104 cm³/mol. The maximum Gasteiger partial charge on any atom is 0.0714 e. The highest BCUT2D eigenvalue weighted by molar-refractivity contribution is 5.74. The predicted octanol–water partition coefficient (Wildman–Crippen LogP) is 6.27. The van der Waals surface area contributed by atoms with E-state index < -0.39 is 0 Å². The summed E-state index contributed by atoms with van der Waals surface area (Å²) in [6, 6.07) is 15.3. The van der Waals surface area contributed by atoms with Gasteiger partial charge in [-0.1, -0.05) is 41.5 Å². The van der Waals surface area contributed by atoms with Gasteiger partial charge in [0.25, 0.3) is 0 Å². The van der Waals surface area contributed by atoms with Gasteiger partial charge in [0.2, 0.25) is 0 Å². The summed E-state index contributed by atoms with van der Waals surface area (Å²) < 4.78 is 0. The van der Waals surface area contributed by atoms with Crippen molar-refractivity contribution < 1.29 is 0 Å². The molecule has 1 heteroatoms. The normalized spacial score (nSPS) is 10.9. The molecular formula is C23H25N. The van der Waals surface area contributed by atoms with Crippen LogP contribution in [0.25, 0.3) is 22.5 Å². The molecule has 0 saturated heterocycles. The molecule has 2 aromatic carbocycles. The quantitative estimate of drug-likeness (QED) is 0.543. The summed E-state index contributed by atoms with van der Waals surface area (Å²) in [5.74, 6) is 0. The van der Waals surface area contributed by atoms with Crippen LogP contribution in [0.15, 0.2) is 42.5 Å². The molecule has 0 radical (unpaired) electrons. The van der Waals surface area contributed by atoms with Crippen molar-refractivity contribution in [2.45, 2.75) is 41.5 Å². The zero-order valence-corrected chi connectivity index (χ0v) is 15.5. The van der Waals surface area contributed by atoms with Crippen molar-refractivity contribution in [3.05, 3.63) is 75.8 Å². The second-order valence-corrected chi connectivity index (χ2v) is 6.96. The van der Waals surface area contributed by atoms with Gasteiger partial charge in [0.05, 0.1) is 11.4 Å². The van der Waals surface area contributed by atoms with Crippen LogP contribution in [0.4, 0.5) is 0 Å². The molecule has 0 aliphatic rings. The zero-order chi connectivity index (χ0) is 17.4. The van der Waals surface area contributed by atoms with E-state index in [1.165, 1.54) is 44.5 Å². The van der Waals surface area contributed by atoms with Crippen LogP contribution in [0.5, 0.6) is 0 Å². The maximum atomic E-state index is 5.02. The molecule has 0 amide bonds. The number of pyridine rings is 1. The summed E-state index contributed by atoms with van der Waals surface area (Å²) >= 11 is 0.